The lowest BCUT2D eigenvalue weighted by atomic mass is 10.1. The van der Waals surface area contributed by atoms with Crippen molar-refractivity contribution in [3.63, 3.8) is 0 Å². The summed E-state index contributed by atoms with van der Waals surface area (Å²) in [5.74, 6) is 0.606. The van der Waals surface area contributed by atoms with Gasteiger partial charge in [-0.1, -0.05) is 13.0 Å². The molecule has 2 N–H and O–H groups in total. The van der Waals surface area contributed by atoms with Crippen molar-refractivity contribution in [1.82, 2.24) is 20.3 Å². The summed E-state index contributed by atoms with van der Waals surface area (Å²) in [6.07, 6.45) is 5.92. The minimum Gasteiger partial charge on any atom is -0.343 e. The molecule has 1 fully saturated rings. The number of aromatic amines is 1. The zero-order valence-corrected chi connectivity index (χ0v) is 13.3. The van der Waals surface area contributed by atoms with Crippen LogP contribution in [0.1, 0.15) is 65.6 Å². The summed E-state index contributed by atoms with van der Waals surface area (Å²) < 4.78 is 0. The molecule has 0 saturated heterocycles. The lowest BCUT2D eigenvalue weighted by Crippen LogP contribution is -2.33. The maximum absolute atomic E-state index is 12.4. The minimum absolute atomic E-state index is 0.0416. The fraction of sp³-hybridized carbons (Fsp3) is 0.412. The van der Waals surface area contributed by atoms with Crippen molar-refractivity contribution in [3.05, 3.63) is 57.5 Å². The van der Waals surface area contributed by atoms with E-state index < -0.39 is 5.91 Å². The fourth-order valence-corrected chi connectivity index (χ4v) is 2.44. The highest BCUT2D eigenvalue weighted by Crippen LogP contribution is 2.37. The number of nitrogens with one attached hydrogen (secondary N) is 2. The SMILES string of the molecule is CCC(NC(=O)c1cnc(C2CC2)[nH]c1=O)c1ccc(C)cn1. The lowest BCUT2D eigenvalue weighted by molar-refractivity contribution is 0.0932. The van der Waals surface area contributed by atoms with E-state index in [9.17, 15) is 9.59 Å². The van der Waals surface area contributed by atoms with Gasteiger partial charge in [-0.25, -0.2) is 4.98 Å². The molecule has 2 aromatic rings. The molecule has 1 aliphatic carbocycles. The van der Waals surface area contributed by atoms with Gasteiger partial charge in [0.25, 0.3) is 11.5 Å². The highest BCUT2D eigenvalue weighted by Gasteiger charge is 2.27. The molecular formula is C17H20N4O2. The van der Waals surface area contributed by atoms with Crippen molar-refractivity contribution >= 4 is 5.91 Å². The first-order valence-corrected chi connectivity index (χ1v) is 7.91. The average molecular weight is 312 g/mol. The van der Waals surface area contributed by atoms with Crippen molar-refractivity contribution in [2.45, 2.75) is 45.1 Å². The van der Waals surface area contributed by atoms with Gasteiger partial charge in [-0.3, -0.25) is 14.6 Å². The van der Waals surface area contributed by atoms with Gasteiger partial charge >= 0.3 is 0 Å². The molecule has 23 heavy (non-hydrogen) atoms. The smallest absolute Gasteiger partial charge is 0.263 e. The molecule has 120 valence electrons. The number of H-pyrrole nitrogens is 1. The van der Waals surface area contributed by atoms with Gasteiger partial charge < -0.3 is 10.3 Å². The van der Waals surface area contributed by atoms with E-state index in [0.717, 1.165) is 24.1 Å². The summed E-state index contributed by atoms with van der Waals surface area (Å²) >= 11 is 0. The molecule has 6 heteroatoms. The van der Waals surface area contributed by atoms with Crippen LogP contribution in [0.4, 0.5) is 0 Å². The van der Waals surface area contributed by atoms with Gasteiger partial charge in [0.1, 0.15) is 11.4 Å². The third-order valence-electron chi connectivity index (χ3n) is 4.03. The molecule has 1 aliphatic rings. The molecule has 2 heterocycles. The van der Waals surface area contributed by atoms with Crippen molar-refractivity contribution in [2.75, 3.05) is 0 Å². The predicted octanol–water partition coefficient (Wildman–Crippen LogP) is 2.23. The molecule has 1 saturated carbocycles. The summed E-state index contributed by atoms with van der Waals surface area (Å²) in [6, 6.07) is 3.61. The van der Waals surface area contributed by atoms with E-state index in [0.29, 0.717) is 18.2 Å². The molecular weight excluding hydrogens is 292 g/mol. The Hall–Kier alpha value is -2.50. The Kier molecular flexibility index (Phi) is 4.23. The maximum atomic E-state index is 12.4. The summed E-state index contributed by atoms with van der Waals surface area (Å²) in [5.41, 5.74) is 1.50. The van der Waals surface area contributed by atoms with Crippen molar-refractivity contribution in [3.8, 4) is 0 Å². The van der Waals surface area contributed by atoms with Crippen LogP contribution in [0.3, 0.4) is 0 Å². The zero-order valence-electron chi connectivity index (χ0n) is 13.3. The second kappa shape index (κ2) is 6.32. The third kappa shape index (κ3) is 3.47. The van der Waals surface area contributed by atoms with Crippen LogP contribution < -0.4 is 10.9 Å². The Morgan fingerprint density at radius 1 is 1.35 bits per heavy atom. The zero-order chi connectivity index (χ0) is 16.4. The number of aromatic nitrogens is 3. The predicted molar refractivity (Wildman–Crippen MR) is 86.3 cm³/mol. The molecule has 0 aliphatic heterocycles. The monoisotopic (exact) mass is 312 g/mol. The number of aryl methyl sites for hydroxylation is 1. The number of pyridine rings is 1. The largest absolute Gasteiger partial charge is 0.343 e. The van der Waals surface area contributed by atoms with Crippen molar-refractivity contribution < 1.29 is 4.79 Å². The number of carbonyl (C=O) groups excluding carboxylic acids is 1. The third-order valence-corrected chi connectivity index (χ3v) is 4.03. The highest BCUT2D eigenvalue weighted by atomic mass is 16.2. The Bertz CT molecular complexity index is 763. The normalized spacial score (nSPS) is 15.2. The minimum atomic E-state index is -0.421. The number of carbonyl (C=O) groups is 1. The molecule has 0 radical (unpaired) electrons. The lowest BCUT2D eigenvalue weighted by Gasteiger charge is -2.16. The van der Waals surface area contributed by atoms with E-state index in [4.69, 9.17) is 0 Å². The first-order valence-electron chi connectivity index (χ1n) is 7.91. The molecule has 2 aromatic heterocycles. The molecule has 3 rings (SSSR count). The van der Waals surface area contributed by atoms with Crippen molar-refractivity contribution in [2.24, 2.45) is 0 Å². The van der Waals surface area contributed by atoms with E-state index in [2.05, 4.69) is 20.3 Å². The molecule has 1 atom stereocenters. The Balaban J connectivity index is 1.77. The van der Waals surface area contributed by atoms with Gasteiger partial charge in [-0.15, -0.1) is 0 Å². The van der Waals surface area contributed by atoms with E-state index in [1.165, 1.54) is 6.20 Å². The molecule has 0 bridgehead atoms. The van der Waals surface area contributed by atoms with Crippen LogP contribution >= 0.6 is 0 Å². The number of rotatable bonds is 5. The Morgan fingerprint density at radius 2 is 2.13 bits per heavy atom. The van der Waals surface area contributed by atoms with Crippen LogP contribution in [0.25, 0.3) is 0 Å². The first kappa shape index (κ1) is 15.4. The topological polar surface area (TPSA) is 87.7 Å². The quantitative estimate of drug-likeness (QED) is 0.886. The summed E-state index contributed by atoms with van der Waals surface area (Å²) in [7, 11) is 0. The molecule has 0 spiro atoms. The van der Waals surface area contributed by atoms with Crippen LogP contribution in [0.5, 0.6) is 0 Å². The van der Waals surface area contributed by atoms with Gasteiger partial charge in [-0.05, 0) is 37.8 Å². The van der Waals surface area contributed by atoms with Crippen LogP contribution in [-0.2, 0) is 0 Å². The average Bonchev–Trinajstić information content (AvgIpc) is 3.38. The summed E-state index contributed by atoms with van der Waals surface area (Å²) in [6.45, 7) is 3.92. The van der Waals surface area contributed by atoms with Crippen LogP contribution in [0.15, 0.2) is 29.3 Å². The Labute approximate surface area is 134 Å². The molecule has 1 unspecified atom stereocenters. The number of nitrogens with zero attached hydrogens (tertiary/aromatic N) is 2. The van der Waals surface area contributed by atoms with E-state index in [1.807, 2.05) is 26.0 Å². The van der Waals surface area contributed by atoms with Gasteiger partial charge in [-0.2, -0.15) is 0 Å². The summed E-state index contributed by atoms with van der Waals surface area (Å²) in [5, 5.41) is 2.86. The summed E-state index contributed by atoms with van der Waals surface area (Å²) in [4.78, 5) is 35.7. The van der Waals surface area contributed by atoms with E-state index >= 15 is 0 Å². The second-order valence-electron chi connectivity index (χ2n) is 5.98. The molecule has 0 aromatic carbocycles. The first-order chi connectivity index (χ1) is 11.1. The maximum Gasteiger partial charge on any atom is 0.263 e. The fourth-order valence-electron chi connectivity index (χ4n) is 2.44. The van der Waals surface area contributed by atoms with Gasteiger partial charge in [0.15, 0.2) is 0 Å². The standard InChI is InChI=1S/C17H20N4O2/c1-3-13(14-7-4-10(2)8-18-14)20-16(22)12-9-19-15(11-5-6-11)21-17(12)23/h4,7-9,11,13H,3,5-6H2,1-2H3,(H,20,22)(H,19,21,23). The Morgan fingerprint density at radius 3 is 2.70 bits per heavy atom. The second-order valence-corrected chi connectivity index (χ2v) is 5.98. The van der Waals surface area contributed by atoms with Gasteiger partial charge in [0.2, 0.25) is 0 Å². The highest BCUT2D eigenvalue weighted by molar-refractivity contribution is 5.93. The molecule has 6 nitrogen and oxygen atoms in total. The van der Waals surface area contributed by atoms with E-state index in [1.54, 1.807) is 6.20 Å². The van der Waals surface area contributed by atoms with Crippen LogP contribution in [-0.4, -0.2) is 20.9 Å². The van der Waals surface area contributed by atoms with Gasteiger partial charge in [0, 0.05) is 18.3 Å². The molecule has 1 amide bonds. The van der Waals surface area contributed by atoms with Crippen LogP contribution in [0.2, 0.25) is 0 Å². The number of hydrogen-bond donors (Lipinski definition) is 2. The van der Waals surface area contributed by atoms with E-state index in [-0.39, 0.29) is 17.2 Å². The number of amides is 1. The van der Waals surface area contributed by atoms with Crippen LogP contribution in [0, 0.1) is 6.92 Å². The number of hydrogen-bond acceptors (Lipinski definition) is 4. The van der Waals surface area contributed by atoms with Gasteiger partial charge in [0.05, 0.1) is 11.7 Å². The van der Waals surface area contributed by atoms with Crippen molar-refractivity contribution in [1.29, 1.82) is 0 Å².